The van der Waals surface area contributed by atoms with Gasteiger partial charge in [-0.25, -0.2) is 0 Å². The van der Waals surface area contributed by atoms with Crippen LogP contribution in [-0.2, 0) is 0 Å². The third-order valence-electron chi connectivity index (χ3n) is 2.97. The lowest BCUT2D eigenvalue weighted by Crippen LogP contribution is -2.16. The molecule has 0 nitrogen and oxygen atoms in total. The maximum absolute atomic E-state index is 11.9. The Labute approximate surface area is 77.5 Å². The summed E-state index contributed by atoms with van der Waals surface area (Å²) in [5.74, 6) is 1.06. The molecule has 0 atom stereocenters. The molecule has 13 heavy (non-hydrogen) atoms. The van der Waals surface area contributed by atoms with Crippen molar-refractivity contribution in [2.45, 2.75) is 51.6 Å². The normalized spacial score (nSPS) is 30.5. The van der Waals surface area contributed by atoms with Crippen LogP contribution >= 0.6 is 0 Å². The van der Waals surface area contributed by atoms with E-state index in [4.69, 9.17) is 0 Å². The summed E-state index contributed by atoms with van der Waals surface area (Å²) in [5.41, 5.74) is 0. The van der Waals surface area contributed by atoms with Crippen LogP contribution < -0.4 is 0 Å². The highest BCUT2D eigenvalue weighted by molar-refractivity contribution is 4.71. The zero-order valence-corrected chi connectivity index (χ0v) is 8.03. The van der Waals surface area contributed by atoms with Crippen LogP contribution in [0, 0.1) is 11.8 Å². The van der Waals surface area contributed by atoms with Crippen molar-refractivity contribution in [3.05, 3.63) is 0 Å². The van der Waals surface area contributed by atoms with Crippen LogP contribution in [0.4, 0.5) is 13.2 Å². The van der Waals surface area contributed by atoms with Gasteiger partial charge in [-0.05, 0) is 18.3 Å². The molecule has 1 aliphatic rings. The summed E-state index contributed by atoms with van der Waals surface area (Å²) >= 11 is 0. The molecule has 0 unspecified atom stereocenters. The van der Waals surface area contributed by atoms with Gasteiger partial charge in [-0.15, -0.1) is 0 Å². The fourth-order valence-electron chi connectivity index (χ4n) is 1.99. The van der Waals surface area contributed by atoms with Crippen molar-refractivity contribution < 1.29 is 13.2 Å². The quantitative estimate of drug-likeness (QED) is 0.619. The van der Waals surface area contributed by atoms with Crippen LogP contribution in [0.25, 0.3) is 0 Å². The third-order valence-corrected chi connectivity index (χ3v) is 2.97. The number of hydrogen-bond acceptors (Lipinski definition) is 0. The Morgan fingerprint density at radius 3 is 2.08 bits per heavy atom. The van der Waals surface area contributed by atoms with Crippen molar-refractivity contribution in [1.29, 1.82) is 0 Å². The molecule has 0 radical (unpaired) electrons. The van der Waals surface area contributed by atoms with E-state index in [1.807, 2.05) is 0 Å². The van der Waals surface area contributed by atoms with Gasteiger partial charge in [-0.1, -0.05) is 32.6 Å². The molecule has 0 aromatic heterocycles. The molecule has 1 rings (SSSR count). The number of hydrogen-bond donors (Lipinski definition) is 0. The third kappa shape index (κ3) is 4.53. The van der Waals surface area contributed by atoms with Crippen molar-refractivity contribution in [3.8, 4) is 0 Å². The van der Waals surface area contributed by atoms with Gasteiger partial charge in [0.15, 0.2) is 0 Å². The van der Waals surface area contributed by atoms with Gasteiger partial charge in [0.25, 0.3) is 0 Å². The summed E-state index contributed by atoms with van der Waals surface area (Å²) in [6.45, 7) is 2.18. The predicted molar refractivity (Wildman–Crippen MR) is 46.4 cm³/mol. The van der Waals surface area contributed by atoms with Gasteiger partial charge >= 0.3 is 6.18 Å². The second kappa shape index (κ2) is 4.34. The summed E-state index contributed by atoms with van der Waals surface area (Å²) in [7, 11) is 0. The first-order valence-corrected chi connectivity index (χ1v) is 5.04. The Hall–Kier alpha value is -0.210. The van der Waals surface area contributed by atoms with Crippen molar-refractivity contribution >= 4 is 0 Å². The molecular formula is C10H17F3. The molecule has 1 saturated carbocycles. The van der Waals surface area contributed by atoms with E-state index < -0.39 is 12.6 Å². The fraction of sp³-hybridized carbons (Fsp3) is 1.00. The minimum absolute atomic E-state index is 0.331. The molecule has 0 amide bonds. The van der Waals surface area contributed by atoms with E-state index in [0.29, 0.717) is 12.3 Å². The molecule has 0 aromatic rings. The zero-order chi connectivity index (χ0) is 9.90. The second-order valence-corrected chi connectivity index (χ2v) is 4.28. The molecule has 0 heterocycles. The van der Waals surface area contributed by atoms with Gasteiger partial charge < -0.3 is 0 Å². The van der Waals surface area contributed by atoms with Gasteiger partial charge in [-0.2, -0.15) is 13.2 Å². The van der Waals surface area contributed by atoms with E-state index in [1.165, 1.54) is 0 Å². The Bertz CT molecular complexity index is 143. The summed E-state index contributed by atoms with van der Waals surface area (Å²) in [4.78, 5) is 0. The summed E-state index contributed by atoms with van der Waals surface area (Å²) in [6, 6.07) is 0. The van der Waals surface area contributed by atoms with Gasteiger partial charge in [-0.3, -0.25) is 0 Å². The zero-order valence-electron chi connectivity index (χ0n) is 8.03. The lowest BCUT2D eigenvalue weighted by atomic mass is 9.81. The number of rotatable bonds is 2. The van der Waals surface area contributed by atoms with Crippen molar-refractivity contribution in [2.75, 3.05) is 0 Å². The van der Waals surface area contributed by atoms with E-state index in [9.17, 15) is 13.2 Å². The summed E-state index contributed by atoms with van der Waals surface area (Å²) in [5, 5.41) is 0. The van der Waals surface area contributed by atoms with Gasteiger partial charge in [0.05, 0.1) is 0 Å². The first kappa shape index (κ1) is 10.9. The van der Waals surface area contributed by atoms with Crippen LogP contribution in [0.3, 0.4) is 0 Å². The molecule has 1 aliphatic carbocycles. The first-order chi connectivity index (χ1) is 5.97. The highest BCUT2D eigenvalue weighted by Gasteiger charge is 2.29. The van der Waals surface area contributed by atoms with Crippen LogP contribution in [0.2, 0.25) is 0 Å². The van der Waals surface area contributed by atoms with Gasteiger partial charge in [0.1, 0.15) is 0 Å². The van der Waals surface area contributed by atoms with Crippen molar-refractivity contribution in [1.82, 2.24) is 0 Å². The van der Waals surface area contributed by atoms with E-state index in [2.05, 4.69) is 6.92 Å². The first-order valence-electron chi connectivity index (χ1n) is 5.04. The average Bonchev–Trinajstić information content (AvgIpc) is 2.02. The Kier molecular flexibility index (Phi) is 3.63. The molecule has 1 fully saturated rings. The number of alkyl halides is 3. The highest BCUT2D eigenvalue weighted by atomic mass is 19.4. The lowest BCUT2D eigenvalue weighted by Gasteiger charge is -2.26. The molecule has 0 bridgehead atoms. The van der Waals surface area contributed by atoms with E-state index >= 15 is 0 Å². The second-order valence-electron chi connectivity index (χ2n) is 4.28. The van der Waals surface area contributed by atoms with Crippen molar-refractivity contribution in [2.24, 2.45) is 11.8 Å². The van der Waals surface area contributed by atoms with Crippen LogP contribution in [0.5, 0.6) is 0 Å². The Morgan fingerprint density at radius 2 is 1.62 bits per heavy atom. The molecule has 0 N–H and O–H groups in total. The predicted octanol–water partition coefficient (Wildman–Crippen LogP) is 4.16. The van der Waals surface area contributed by atoms with Gasteiger partial charge in [0.2, 0.25) is 0 Å². The van der Waals surface area contributed by atoms with Crippen LogP contribution in [0.15, 0.2) is 0 Å². The van der Waals surface area contributed by atoms with Crippen molar-refractivity contribution in [3.63, 3.8) is 0 Å². The molecule has 0 spiro atoms. The Morgan fingerprint density at radius 1 is 1.08 bits per heavy atom. The molecule has 3 heteroatoms. The minimum Gasteiger partial charge on any atom is -0.171 e. The topological polar surface area (TPSA) is 0 Å². The fourth-order valence-corrected chi connectivity index (χ4v) is 1.99. The Balaban J connectivity index is 2.16. The van der Waals surface area contributed by atoms with E-state index in [1.54, 1.807) is 0 Å². The SMILES string of the molecule is CC1CCC(CCC(F)(F)F)CC1. The highest BCUT2D eigenvalue weighted by Crippen LogP contribution is 2.33. The molecule has 0 aromatic carbocycles. The van der Waals surface area contributed by atoms with Gasteiger partial charge in [0, 0.05) is 6.42 Å². The van der Waals surface area contributed by atoms with E-state index in [0.717, 1.165) is 31.6 Å². The standard InChI is InChI=1S/C10H17F3/c1-8-2-4-9(5-3-8)6-7-10(11,12)13/h8-9H,2-7H2,1H3. The van der Waals surface area contributed by atoms with Crippen LogP contribution in [-0.4, -0.2) is 6.18 Å². The average molecular weight is 194 g/mol. The monoisotopic (exact) mass is 194 g/mol. The number of halogens is 3. The smallest absolute Gasteiger partial charge is 0.171 e. The maximum Gasteiger partial charge on any atom is 0.389 e. The lowest BCUT2D eigenvalue weighted by molar-refractivity contribution is -0.138. The summed E-state index contributed by atoms with van der Waals surface area (Å²) < 4.78 is 35.7. The maximum atomic E-state index is 11.9. The molecule has 0 aliphatic heterocycles. The molecular weight excluding hydrogens is 177 g/mol. The molecule has 0 saturated heterocycles. The minimum atomic E-state index is -3.96. The van der Waals surface area contributed by atoms with E-state index in [-0.39, 0.29) is 0 Å². The largest absolute Gasteiger partial charge is 0.389 e. The molecule has 78 valence electrons. The summed E-state index contributed by atoms with van der Waals surface area (Å²) in [6.07, 6.45) is 0.0187. The van der Waals surface area contributed by atoms with Crippen LogP contribution in [0.1, 0.15) is 45.4 Å².